The fourth-order valence-electron chi connectivity index (χ4n) is 6.20. The Morgan fingerprint density at radius 3 is 1.91 bits per heavy atom. The van der Waals surface area contributed by atoms with Gasteiger partial charge in [-0.2, -0.15) is 31.4 Å². The van der Waals surface area contributed by atoms with E-state index in [-0.39, 0.29) is 35.5 Å². The van der Waals surface area contributed by atoms with Crippen LogP contribution >= 0.6 is 0 Å². The Bertz CT molecular complexity index is 1940. The first-order valence-corrected chi connectivity index (χ1v) is 17.6. The highest BCUT2D eigenvalue weighted by molar-refractivity contribution is 6.04. The van der Waals surface area contributed by atoms with E-state index in [0.717, 1.165) is 62.0 Å². The molecule has 0 spiro atoms. The number of alkyl halides is 6. The van der Waals surface area contributed by atoms with E-state index in [1.54, 1.807) is 25.2 Å². The van der Waals surface area contributed by atoms with Gasteiger partial charge in [-0.3, -0.25) is 4.79 Å². The molecule has 4 aromatic rings. The van der Waals surface area contributed by atoms with Gasteiger partial charge >= 0.3 is 12.4 Å². The maximum absolute atomic E-state index is 13.9. The second kappa shape index (κ2) is 14.3. The molecule has 0 unspecified atom stereocenters. The van der Waals surface area contributed by atoms with Crippen molar-refractivity contribution < 1.29 is 31.1 Å². The first-order valence-electron chi connectivity index (χ1n) is 17.6. The number of carbonyl (C=O) groups excluding carboxylic acids is 1. The molecule has 0 radical (unpaired) electrons. The summed E-state index contributed by atoms with van der Waals surface area (Å²) in [4.78, 5) is 32.4. The molecular weight excluding hydrogens is 698 g/mol. The molecule has 2 saturated carbocycles. The number of halogens is 6. The molecule has 0 aliphatic heterocycles. The summed E-state index contributed by atoms with van der Waals surface area (Å²) in [6, 6.07) is 3.53. The van der Waals surface area contributed by atoms with Crippen LogP contribution in [0.5, 0.6) is 0 Å². The third-order valence-electron chi connectivity index (χ3n) is 9.30. The maximum Gasteiger partial charge on any atom is 0.416 e. The lowest BCUT2D eigenvalue weighted by Gasteiger charge is -2.30. The fourth-order valence-corrected chi connectivity index (χ4v) is 6.20. The third kappa shape index (κ3) is 9.28. The van der Waals surface area contributed by atoms with Gasteiger partial charge in [-0.05, 0) is 95.0 Å². The Balaban J connectivity index is 1.49. The molecule has 0 saturated heterocycles. The predicted molar refractivity (Wildman–Crippen MR) is 190 cm³/mol. The number of allylic oxidation sites excluding steroid dienone is 1. The summed E-state index contributed by atoms with van der Waals surface area (Å²) in [7, 11) is 3.51. The molecule has 0 N–H and O–H groups in total. The summed E-state index contributed by atoms with van der Waals surface area (Å²) >= 11 is 0. The smallest absolute Gasteiger partial charge is 0.383 e. The van der Waals surface area contributed by atoms with Crippen LogP contribution in [0.25, 0.3) is 11.0 Å². The fraction of sp³-hybridized carbons (Fsp3) is 0.500. The van der Waals surface area contributed by atoms with Crippen molar-refractivity contribution in [3.8, 4) is 0 Å². The molecule has 3 aromatic heterocycles. The molecule has 2 aliphatic carbocycles. The number of pyridine rings is 1. The van der Waals surface area contributed by atoms with E-state index in [0.29, 0.717) is 28.9 Å². The van der Waals surface area contributed by atoms with E-state index >= 15 is 0 Å². The summed E-state index contributed by atoms with van der Waals surface area (Å²) < 4.78 is 85.5. The van der Waals surface area contributed by atoms with E-state index in [4.69, 9.17) is 10.1 Å². The van der Waals surface area contributed by atoms with Crippen molar-refractivity contribution in [1.29, 1.82) is 0 Å². The van der Waals surface area contributed by atoms with Gasteiger partial charge in [-0.25, -0.2) is 19.6 Å². The predicted octanol–water partition coefficient (Wildman–Crippen LogP) is 8.41. The number of benzene rings is 1. The van der Waals surface area contributed by atoms with Crippen molar-refractivity contribution >= 4 is 28.6 Å². The van der Waals surface area contributed by atoms with E-state index in [9.17, 15) is 31.1 Å². The van der Waals surface area contributed by atoms with Crippen LogP contribution in [0.15, 0.2) is 48.9 Å². The summed E-state index contributed by atoms with van der Waals surface area (Å²) in [6.45, 7) is 9.14. The molecule has 2 aliphatic rings. The maximum atomic E-state index is 13.9. The summed E-state index contributed by atoms with van der Waals surface area (Å²) in [5.41, 5.74) is -1.15. The van der Waals surface area contributed by atoms with Crippen LogP contribution < -0.4 is 9.80 Å². The van der Waals surface area contributed by atoms with Gasteiger partial charge in [-0.15, -0.1) is 0 Å². The van der Waals surface area contributed by atoms with Gasteiger partial charge in [0.05, 0.1) is 27.9 Å². The zero-order valence-corrected chi connectivity index (χ0v) is 30.7. The van der Waals surface area contributed by atoms with Gasteiger partial charge in [0.25, 0.3) is 0 Å². The average Bonchev–Trinajstić information content (AvgIpc) is 4.02. The standard InChI is InChI=1S/C38H44F6N8O/c1-23-31-15-27(33(47-34(31)52(48-23)36(2,3)4)50(19-24-7-8-24)20-25-9-10-25)22-51(35-45-17-28(18-46-35)32(53)11-12-49(5)6)21-26-13-29(37(39,40)41)16-30(14-26)38(42,43)44/h11-18,24-25H,7-10,19-22H2,1-6H3. The van der Waals surface area contributed by atoms with Gasteiger partial charge in [0, 0.05) is 75.9 Å². The van der Waals surface area contributed by atoms with Crippen LogP contribution in [0.2, 0.25) is 0 Å². The Labute approximate surface area is 304 Å². The van der Waals surface area contributed by atoms with Gasteiger partial charge < -0.3 is 14.7 Å². The Kier molecular flexibility index (Phi) is 10.2. The molecule has 1 aromatic carbocycles. The van der Waals surface area contributed by atoms with Gasteiger partial charge in [0.1, 0.15) is 5.82 Å². The van der Waals surface area contributed by atoms with Gasteiger partial charge in [0.15, 0.2) is 11.4 Å². The first kappa shape index (κ1) is 38.0. The molecule has 284 valence electrons. The molecule has 53 heavy (non-hydrogen) atoms. The number of rotatable bonds is 13. The molecule has 0 amide bonds. The van der Waals surface area contributed by atoms with Crippen molar-refractivity contribution in [1.82, 2.24) is 29.6 Å². The van der Waals surface area contributed by atoms with E-state index < -0.39 is 35.6 Å². The van der Waals surface area contributed by atoms with Crippen molar-refractivity contribution in [3.63, 3.8) is 0 Å². The molecule has 15 heteroatoms. The minimum atomic E-state index is -5.02. The van der Waals surface area contributed by atoms with E-state index in [2.05, 4.69) is 14.9 Å². The lowest BCUT2D eigenvalue weighted by molar-refractivity contribution is -0.143. The summed E-state index contributed by atoms with van der Waals surface area (Å²) in [5, 5.41) is 5.60. The van der Waals surface area contributed by atoms with E-state index in [1.807, 2.05) is 38.4 Å². The van der Waals surface area contributed by atoms with Crippen molar-refractivity contribution in [2.45, 2.75) is 84.4 Å². The first-order chi connectivity index (χ1) is 24.8. The Morgan fingerprint density at radius 2 is 1.42 bits per heavy atom. The van der Waals surface area contributed by atoms with Crippen LogP contribution in [0.3, 0.4) is 0 Å². The van der Waals surface area contributed by atoms with Crippen LogP contribution in [0.4, 0.5) is 38.1 Å². The highest BCUT2D eigenvalue weighted by Crippen LogP contribution is 2.40. The van der Waals surface area contributed by atoms with Crippen molar-refractivity contribution in [2.24, 2.45) is 11.8 Å². The molecule has 6 rings (SSSR count). The number of ketones is 1. The van der Waals surface area contributed by atoms with E-state index in [1.165, 1.54) is 23.4 Å². The number of nitrogens with zero attached hydrogens (tertiary/aromatic N) is 8. The lowest BCUT2D eigenvalue weighted by Crippen LogP contribution is -2.32. The normalized spacial score (nSPS) is 15.4. The second-order valence-electron chi connectivity index (χ2n) is 15.5. The van der Waals surface area contributed by atoms with Crippen molar-refractivity contribution in [3.05, 3.63) is 82.4 Å². The number of fused-ring (bicyclic) bond motifs is 1. The molecule has 2 fully saturated rings. The van der Waals surface area contributed by atoms with Crippen LogP contribution in [-0.2, 0) is 31.0 Å². The average molecular weight is 743 g/mol. The van der Waals surface area contributed by atoms with Crippen LogP contribution in [-0.4, -0.2) is 62.6 Å². The summed E-state index contributed by atoms with van der Waals surface area (Å²) in [6.07, 6.45) is -0.108. The Hall–Kier alpha value is -4.69. The molecular formula is C38H44F6N8O. The Morgan fingerprint density at radius 1 is 0.849 bits per heavy atom. The largest absolute Gasteiger partial charge is 0.416 e. The molecule has 0 atom stereocenters. The molecule has 3 heterocycles. The lowest BCUT2D eigenvalue weighted by atomic mass is 10.0. The number of carbonyl (C=O) groups is 1. The topological polar surface area (TPSA) is 83.3 Å². The molecule has 9 nitrogen and oxygen atoms in total. The van der Waals surface area contributed by atoms with Gasteiger partial charge in [0.2, 0.25) is 5.95 Å². The number of aryl methyl sites for hydroxylation is 1. The number of anilines is 2. The number of aromatic nitrogens is 5. The second-order valence-corrected chi connectivity index (χ2v) is 15.5. The van der Waals surface area contributed by atoms with Crippen molar-refractivity contribution in [2.75, 3.05) is 37.0 Å². The van der Waals surface area contributed by atoms with Crippen LogP contribution in [0.1, 0.15) is 84.8 Å². The third-order valence-corrected chi connectivity index (χ3v) is 9.30. The molecule has 0 bridgehead atoms. The number of hydrogen-bond donors (Lipinski definition) is 0. The van der Waals surface area contributed by atoms with Gasteiger partial charge in [-0.1, -0.05) is 0 Å². The SMILES string of the molecule is Cc1nn(C(C)(C)C)c2nc(N(CC3CC3)CC3CC3)c(CN(Cc3cc(C(F)(F)F)cc(C(F)(F)F)c3)c3ncc(C(=O)C=CN(C)C)cn3)cc12. The minimum Gasteiger partial charge on any atom is -0.383 e. The highest BCUT2D eigenvalue weighted by Gasteiger charge is 2.38. The quantitative estimate of drug-likeness (QED) is 0.0768. The van der Waals surface area contributed by atoms with Crippen LogP contribution in [0, 0.1) is 18.8 Å². The number of hydrogen-bond acceptors (Lipinski definition) is 8. The minimum absolute atomic E-state index is 0.00430. The zero-order valence-electron chi connectivity index (χ0n) is 30.7. The monoisotopic (exact) mass is 742 g/mol. The zero-order chi connectivity index (χ0) is 38.5. The highest BCUT2D eigenvalue weighted by atomic mass is 19.4. The summed E-state index contributed by atoms with van der Waals surface area (Å²) in [5.74, 6) is 1.35.